The van der Waals surface area contributed by atoms with Gasteiger partial charge in [0.15, 0.2) is 6.73 Å². The van der Waals surface area contributed by atoms with Crippen LogP contribution in [0.1, 0.15) is 39.5 Å². The van der Waals surface area contributed by atoms with Gasteiger partial charge in [-0.05, 0) is 13.3 Å². The van der Waals surface area contributed by atoms with E-state index in [1.165, 1.54) is 49.8 Å². The molecule has 12 heteroatoms. The van der Waals surface area contributed by atoms with Gasteiger partial charge in [-0.2, -0.15) is 13.2 Å². The predicted molar refractivity (Wildman–Crippen MR) is 79.5 cm³/mol. The van der Waals surface area contributed by atoms with E-state index in [-0.39, 0.29) is 0 Å². The highest BCUT2D eigenvalue weighted by Crippen LogP contribution is 2.33. The first-order valence-corrected chi connectivity index (χ1v) is 9.30. The maximum Gasteiger partial charge on any atom is 0.616 e. The summed E-state index contributed by atoms with van der Waals surface area (Å²) >= 11 is 0. The van der Waals surface area contributed by atoms with Crippen LogP contribution in [-0.2, 0) is 14.4 Å². The summed E-state index contributed by atoms with van der Waals surface area (Å²) in [4.78, 5) is 0. The molecule has 1 fully saturated rings. The highest BCUT2D eigenvalue weighted by atomic mass is 32.2. The van der Waals surface area contributed by atoms with E-state index in [0.29, 0.717) is 0 Å². The number of nitrogens with zero attached hydrogens (tertiary/aromatic N) is 1. The standard InChI is InChI=1S/C11H24NO.CBF6O2S/c1-3-5-8-12(11-13-4-2)9-6-7-10-12;3-1(4,5)11(9,10)2(6,7)8/h3-11H2,1-2H3;/q+1;-1. The number of unbranched alkanes of at least 4 members (excludes halogenated alkanes) is 1. The van der Waals surface area contributed by atoms with Crippen molar-refractivity contribution in [2.75, 3.05) is 33.0 Å². The Balaban J connectivity index is 0.000000449. The van der Waals surface area contributed by atoms with Crippen molar-refractivity contribution in [2.45, 2.75) is 45.0 Å². The van der Waals surface area contributed by atoms with Crippen LogP contribution < -0.4 is 0 Å². The molecule has 0 bridgehead atoms. The molecule has 0 aromatic carbocycles. The number of rotatable bonds is 7. The van der Waals surface area contributed by atoms with Gasteiger partial charge in [0.25, 0.3) is 0 Å². The molecule has 24 heavy (non-hydrogen) atoms. The smallest absolute Gasteiger partial charge is 0.436 e. The molecule has 0 N–H and O–H groups in total. The van der Waals surface area contributed by atoms with Gasteiger partial charge in [-0.1, -0.05) is 13.3 Å². The monoisotopic (exact) mass is 387 g/mol. The zero-order valence-electron chi connectivity index (χ0n) is 13.8. The highest BCUT2D eigenvalue weighted by Gasteiger charge is 2.58. The molecule has 146 valence electrons. The van der Waals surface area contributed by atoms with E-state index in [4.69, 9.17) is 4.74 Å². The largest absolute Gasteiger partial charge is 0.616 e. The van der Waals surface area contributed by atoms with E-state index >= 15 is 0 Å². The van der Waals surface area contributed by atoms with Gasteiger partial charge in [0, 0.05) is 19.4 Å². The van der Waals surface area contributed by atoms with Gasteiger partial charge < -0.3 is 22.2 Å². The fraction of sp³-hybridized carbons (Fsp3) is 1.00. The summed E-state index contributed by atoms with van der Waals surface area (Å²) in [6, 6.07) is 0. The highest BCUT2D eigenvalue weighted by molar-refractivity contribution is 8.20. The van der Waals surface area contributed by atoms with E-state index in [1.54, 1.807) is 0 Å². The molecule has 0 saturated carbocycles. The molecule has 0 aromatic heterocycles. The second-order valence-electron chi connectivity index (χ2n) is 5.70. The summed E-state index contributed by atoms with van der Waals surface area (Å²) in [5.74, 6) is 0. The number of hydrogen-bond donors (Lipinski definition) is 0. The van der Waals surface area contributed by atoms with E-state index in [9.17, 15) is 34.5 Å². The van der Waals surface area contributed by atoms with Crippen LogP contribution in [0.15, 0.2) is 0 Å². The summed E-state index contributed by atoms with van der Waals surface area (Å²) in [5, 5.41) is 0. The van der Waals surface area contributed by atoms with Crippen LogP contribution >= 0.6 is 0 Å². The van der Waals surface area contributed by atoms with Crippen molar-refractivity contribution in [1.82, 2.24) is 0 Å². The quantitative estimate of drug-likeness (QED) is 0.381. The molecule has 4 nitrogen and oxygen atoms in total. The molecule has 1 aliphatic rings. The molecule has 0 atom stereocenters. The number of likely N-dealkylation sites (tertiary alicyclic amines) is 1. The van der Waals surface area contributed by atoms with Gasteiger partial charge >= 0.3 is 11.8 Å². The van der Waals surface area contributed by atoms with Gasteiger partial charge in [-0.3, -0.25) is 8.42 Å². The Morgan fingerprint density at radius 1 is 1.08 bits per heavy atom. The van der Waals surface area contributed by atoms with Crippen LogP contribution in [0.2, 0.25) is 0 Å². The van der Waals surface area contributed by atoms with Crippen LogP contribution in [0.3, 0.4) is 0 Å². The van der Waals surface area contributed by atoms with E-state index in [2.05, 4.69) is 13.8 Å². The Kier molecular flexibility index (Phi) is 9.09. The molecule has 1 aliphatic heterocycles. The third-order valence-corrected chi connectivity index (χ3v) is 5.09. The molecule has 0 aliphatic carbocycles. The van der Waals surface area contributed by atoms with Crippen molar-refractivity contribution in [3.63, 3.8) is 0 Å². The minimum Gasteiger partial charge on any atom is -0.436 e. The third-order valence-electron chi connectivity index (χ3n) is 3.74. The number of quaternary nitrogens is 1. The third kappa shape index (κ3) is 6.79. The second-order valence-corrected chi connectivity index (χ2v) is 7.79. The summed E-state index contributed by atoms with van der Waals surface area (Å²) in [6.07, 6.45) is -1.44. The summed E-state index contributed by atoms with van der Waals surface area (Å²) in [7, 11) is -6.95. The predicted octanol–water partition coefficient (Wildman–Crippen LogP) is 3.66. The van der Waals surface area contributed by atoms with E-state index < -0.39 is 21.5 Å². The van der Waals surface area contributed by atoms with Crippen molar-refractivity contribution in [2.24, 2.45) is 0 Å². The average molecular weight is 387 g/mol. The maximum atomic E-state index is 11.1. The Labute approximate surface area is 138 Å². The Morgan fingerprint density at radius 2 is 1.58 bits per heavy atom. The topological polar surface area (TPSA) is 43.4 Å². The molecular formula is C12H24BF6NO3S. The zero-order chi connectivity index (χ0) is 19.1. The Bertz CT molecular complexity index is 430. The summed E-state index contributed by atoms with van der Waals surface area (Å²) in [6.45, 7) is 10.2. The van der Waals surface area contributed by atoms with Crippen molar-refractivity contribution in [3.05, 3.63) is 0 Å². The molecule has 1 saturated heterocycles. The second kappa shape index (κ2) is 9.28. The minimum absolute atomic E-state index is 0.867. The van der Waals surface area contributed by atoms with Gasteiger partial charge in [0.2, 0.25) is 9.69 Å². The van der Waals surface area contributed by atoms with Crippen LogP contribution in [-0.4, -0.2) is 57.6 Å². The lowest BCUT2D eigenvalue weighted by Gasteiger charge is -2.33. The van der Waals surface area contributed by atoms with Crippen molar-refractivity contribution >= 4 is 15.9 Å². The van der Waals surface area contributed by atoms with Crippen LogP contribution in [0.5, 0.6) is 0 Å². The van der Waals surface area contributed by atoms with Crippen LogP contribution in [0.25, 0.3) is 0 Å². The maximum absolute atomic E-state index is 11.1. The zero-order valence-corrected chi connectivity index (χ0v) is 14.6. The van der Waals surface area contributed by atoms with Crippen molar-refractivity contribution < 1.29 is 43.8 Å². The molecule has 0 amide bonds. The van der Waals surface area contributed by atoms with Gasteiger partial charge in [-0.25, -0.2) is 0 Å². The van der Waals surface area contributed by atoms with Crippen LogP contribution in [0, 0.1) is 0 Å². The van der Waals surface area contributed by atoms with E-state index in [1.807, 2.05) is 0 Å². The minimum atomic E-state index is -6.95. The molecular weight excluding hydrogens is 363 g/mol. The van der Waals surface area contributed by atoms with E-state index in [0.717, 1.165) is 13.3 Å². The lowest BCUT2D eigenvalue weighted by molar-refractivity contribution is -0.935. The van der Waals surface area contributed by atoms with Gasteiger partial charge in [0.1, 0.15) is 0 Å². The molecule has 1 heterocycles. The fourth-order valence-electron chi connectivity index (χ4n) is 2.35. The Morgan fingerprint density at radius 3 is 1.88 bits per heavy atom. The number of ether oxygens (including phenoxy) is 1. The number of halogens is 6. The average Bonchev–Trinajstić information content (AvgIpc) is 2.90. The summed E-state index contributed by atoms with van der Waals surface area (Å²) < 4.78 is 92.1. The molecule has 0 spiro atoms. The molecule has 0 radical (unpaired) electrons. The molecule has 0 aromatic rings. The SMILES string of the molecule is CCCC[N+]1(COCC)CCCC1.O=S(=O)([B-](F)(F)F)C(F)(F)F. The first-order valence-electron chi connectivity index (χ1n) is 7.75. The Hall–Kier alpha value is -0.485. The molecule has 1 rings (SSSR count). The lowest BCUT2D eigenvalue weighted by Crippen LogP contribution is -2.47. The number of alkyl halides is 3. The van der Waals surface area contributed by atoms with Gasteiger partial charge in [0.05, 0.1) is 19.6 Å². The normalized spacial score (nSPS) is 18.2. The van der Waals surface area contributed by atoms with Crippen molar-refractivity contribution in [3.8, 4) is 0 Å². The first kappa shape index (κ1) is 23.5. The van der Waals surface area contributed by atoms with Crippen molar-refractivity contribution in [1.29, 1.82) is 0 Å². The molecule has 0 unspecified atom stereocenters. The lowest BCUT2D eigenvalue weighted by atomic mass is 10.3. The summed E-state index contributed by atoms with van der Waals surface area (Å²) in [5.41, 5.74) is -6.24. The fourth-order valence-corrected chi connectivity index (χ4v) is 2.66. The van der Waals surface area contributed by atoms with Crippen LogP contribution in [0.4, 0.5) is 26.1 Å². The first-order chi connectivity index (χ1) is 10.8. The number of hydrogen-bond acceptors (Lipinski definition) is 3. The van der Waals surface area contributed by atoms with Gasteiger partial charge in [-0.15, -0.1) is 0 Å².